The number of anilines is 2. The van der Waals surface area contributed by atoms with E-state index in [1.165, 1.54) is 24.3 Å². The van der Waals surface area contributed by atoms with Crippen molar-refractivity contribution >= 4 is 22.7 Å². The first-order valence-electron chi connectivity index (χ1n) is 11.6. The molecule has 0 atom stereocenters. The SMILES string of the molecule is O=[N+]([O-])c1ccc(N(CCN(Cc2ccccc2)c2ccc([N+](=O)[O-])cc2)Cc2ccccc2)cc1. The standard InChI is InChI=1S/C28H26N4O4/c33-31(34)27-15-11-25(12-16-27)29(21-23-7-3-1-4-8-23)19-20-30(22-24-9-5-2-6-10-24)26-13-17-28(18-14-26)32(35)36/h1-18H,19-22H2. The van der Waals surface area contributed by atoms with Crippen molar-refractivity contribution in [1.82, 2.24) is 0 Å². The van der Waals surface area contributed by atoms with Crippen LogP contribution < -0.4 is 9.80 Å². The first kappa shape index (κ1) is 24.4. The van der Waals surface area contributed by atoms with Gasteiger partial charge in [0.15, 0.2) is 0 Å². The highest BCUT2D eigenvalue weighted by molar-refractivity contribution is 5.54. The van der Waals surface area contributed by atoms with Crippen LogP contribution in [0.25, 0.3) is 0 Å². The van der Waals surface area contributed by atoms with Crippen molar-refractivity contribution in [2.75, 3.05) is 22.9 Å². The van der Waals surface area contributed by atoms with Gasteiger partial charge >= 0.3 is 0 Å². The molecule has 8 nitrogen and oxygen atoms in total. The molecule has 0 amide bonds. The third-order valence-electron chi connectivity index (χ3n) is 5.92. The van der Waals surface area contributed by atoms with Crippen molar-refractivity contribution in [3.05, 3.63) is 141 Å². The van der Waals surface area contributed by atoms with Crippen LogP contribution in [0.1, 0.15) is 11.1 Å². The summed E-state index contributed by atoms with van der Waals surface area (Å²) in [6.07, 6.45) is 0. The molecule has 0 spiro atoms. The summed E-state index contributed by atoms with van der Waals surface area (Å²) in [5.41, 5.74) is 4.12. The van der Waals surface area contributed by atoms with Gasteiger partial charge in [0.1, 0.15) is 0 Å². The van der Waals surface area contributed by atoms with E-state index in [9.17, 15) is 20.2 Å². The summed E-state index contributed by atoms with van der Waals surface area (Å²) >= 11 is 0. The molecule has 0 aliphatic heterocycles. The van der Waals surface area contributed by atoms with E-state index in [0.29, 0.717) is 26.2 Å². The van der Waals surface area contributed by atoms with Gasteiger partial charge in [-0.05, 0) is 35.4 Å². The molecule has 0 heterocycles. The highest BCUT2D eigenvalue weighted by atomic mass is 16.6. The molecule has 0 radical (unpaired) electrons. The van der Waals surface area contributed by atoms with Crippen LogP contribution in [-0.4, -0.2) is 22.9 Å². The molecule has 0 saturated carbocycles. The largest absolute Gasteiger partial charge is 0.365 e. The van der Waals surface area contributed by atoms with Gasteiger partial charge in [-0.3, -0.25) is 20.2 Å². The van der Waals surface area contributed by atoms with E-state index < -0.39 is 9.85 Å². The van der Waals surface area contributed by atoms with E-state index in [4.69, 9.17) is 0 Å². The number of non-ortho nitro benzene ring substituents is 2. The van der Waals surface area contributed by atoms with Crippen molar-refractivity contribution < 1.29 is 9.85 Å². The number of hydrogen-bond acceptors (Lipinski definition) is 6. The average molecular weight is 483 g/mol. The predicted octanol–water partition coefficient (Wildman–Crippen LogP) is 6.22. The Hall–Kier alpha value is -4.72. The second-order valence-corrected chi connectivity index (χ2v) is 8.36. The van der Waals surface area contributed by atoms with Crippen LogP contribution in [0.4, 0.5) is 22.7 Å². The van der Waals surface area contributed by atoms with Gasteiger partial charge in [-0.2, -0.15) is 0 Å². The van der Waals surface area contributed by atoms with E-state index in [1.807, 2.05) is 36.4 Å². The normalized spacial score (nSPS) is 10.6. The van der Waals surface area contributed by atoms with Crippen molar-refractivity contribution in [3.8, 4) is 0 Å². The zero-order valence-electron chi connectivity index (χ0n) is 19.6. The summed E-state index contributed by atoms with van der Waals surface area (Å²) < 4.78 is 0. The second-order valence-electron chi connectivity index (χ2n) is 8.36. The summed E-state index contributed by atoms with van der Waals surface area (Å²) in [6.45, 7) is 2.54. The minimum Gasteiger partial charge on any atom is -0.365 e. The number of rotatable bonds is 11. The molecule has 0 bridgehead atoms. The van der Waals surface area contributed by atoms with Gasteiger partial charge in [-0.15, -0.1) is 0 Å². The summed E-state index contributed by atoms with van der Waals surface area (Å²) in [6, 6.07) is 33.3. The minimum atomic E-state index is -0.401. The van der Waals surface area contributed by atoms with Crippen LogP contribution in [0.2, 0.25) is 0 Å². The molecular weight excluding hydrogens is 456 g/mol. The maximum atomic E-state index is 11.1. The molecule has 8 heteroatoms. The van der Waals surface area contributed by atoms with Gasteiger partial charge in [0, 0.05) is 61.8 Å². The first-order valence-corrected chi connectivity index (χ1v) is 11.6. The quantitative estimate of drug-likeness (QED) is 0.186. The predicted molar refractivity (Wildman–Crippen MR) is 141 cm³/mol. The zero-order chi connectivity index (χ0) is 25.3. The second kappa shape index (κ2) is 11.6. The lowest BCUT2D eigenvalue weighted by Crippen LogP contribution is -2.35. The Labute approximate surface area is 209 Å². The fraction of sp³-hybridized carbons (Fsp3) is 0.143. The highest BCUT2D eigenvalue weighted by Crippen LogP contribution is 2.24. The smallest absolute Gasteiger partial charge is 0.269 e. The fourth-order valence-corrected chi connectivity index (χ4v) is 4.02. The summed E-state index contributed by atoms with van der Waals surface area (Å²) in [5.74, 6) is 0. The molecule has 0 aliphatic rings. The van der Waals surface area contributed by atoms with Crippen LogP contribution in [-0.2, 0) is 13.1 Å². The first-order chi connectivity index (χ1) is 17.5. The zero-order valence-corrected chi connectivity index (χ0v) is 19.6. The lowest BCUT2D eigenvalue weighted by atomic mass is 10.1. The topological polar surface area (TPSA) is 92.8 Å². The summed E-state index contributed by atoms with van der Waals surface area (Å²) in [4.78, 5) is 25.8. The van der Waals surface area contributed by atoms with Gasteiger partial charge in [0.2, 0.25) is 0 Å². The molecule has 4 aromatic carbocycles. The maximum Gasteiger partial charge on any atom is 0.269 e. The molecule has 0 saturated heterocycles. The van der Waals surface area contributed by atoms with Crippen LogP contribution in [0.3, 0.4) is 0 Å². The monoisotopic (exact) mass is 482 g/mol. The Morgan fingerprint density at radius 1 is 0.500 bits per heavy atom. The minimum absolute atomic E-state index is 0.0509. The third kappa shape index (κ3) is 6.44. The van der Waals surface area contributed by atoms with Crippen LogP contribution in [0.5, 0.6) is 0 Å². The summed E-state index contributed by atoms with van der Waals surface area (Å²) in [5, 5.41) is 22.3. The number of nitrogens with zero attached hydrogens (tertiary/aromatic N) is 4. The molecule has 0 N–H and O–H groups in total. The van der Waals surface area contributed by atoms with Crippen molar-refractivity contribution in [2.24, 2.45) is 0 Å². The average Bonchev–Trinajstić information content (AvgIpc) is 2.91. The van der Waals surface area contributed by atoms with Gasteiger partial charge < -0.3 is 9.80 Å². The van der Waals surface area contributed by atoms with E-state index in [2.05, 4.69) is 34.1 Å². The van der Waals surface area contributed by atoms with Crippen molar-refractivity contribution in [2.45, 2.75) is 13.1 Å². The molecule has 182 valence electrons. The fourth-order valence-electron chi connectivity index (χ4n) is 4.02. The molecule has 0 aromatic heterocycles. The number of benzene rings is 4. The molecular formula is C28H26N4O4. The molecule has 4 aromatic rings. The van der Waals surface area contributed by atoms with Crippen LogP contribution in [0, 0.1) is 20.2 Å². The number of nitro groups is 2. The lowest BCUT2D eigenvalue weighted by Gasteiger charge is -2.31. The Balaban J connectivity index is 1.59. The Morgan fingerprint density at radius 3 is 1.14 bits per heavy atom. The molecule has 4 rings (SSSR count). The van der Waals surface area contributed by atoms with E-state index in [-0.39, 0.29) is 11.4 Å². The van der Waals surface area contributed by atoms with E-state index >= 15 is 0 Å². The highest BCUT2D eigenvalue weighted by Gasteiger charge is 2.15. The van der Waals surface area contributed by atoms with E-state index in [1.54, 1.807) is 24.3 Å². The van der Waals surface area contributed by atoms with E-state index in [0.717, 1.165) is 22.5 Å². The Bertz CT molecular complexity index is 1180. The molecule has 0 fully saturated rings. The Morgan fingerprint density at radius 2 is 0.833 bits per heavy atom. The maximum absolute atomic E-state index is 11.1. The number of nitro benzene ring substituents is 2. The lowest BCUT2D eigenvalue weighted by molar-refractivity contribution is -0.385. The van der Waals surface area contributed by atoms with Gasteiger partial charge in [0.05, 0.1) is 9.85 Å². The van der Waals surface area contributed by atoms with Gasteiger partial charge in [-0.25, -0.2) is 0 Å². The third-order valence-corrected chi connectivity index (χ3v) is 5.92. The van der Waals surface area contributed by atoms with Gasteiger partial charge in [0.25, 0.3) is 11.4 Å². The van der Waals surface area contributed by atoms with Gasteiger partial charge in [-0.1, -0.05) is 60.7 Å². The molecule has 0 aliphatic carbocycles. The molecule has 0 unspecified atom stereocenters. The van der Waals surface area contributed by atoms with Crippen LogP contribution in [0.15, 0.2) is 109 Å². The summed E-state index contributed by atoms with van der Waals surface area (Å²) in [7, 11) is 0. The van der Waals surface area contributed by atoms with Crippen LogP contribution >= 0.6 is 0 Å². The number of hydrogen-bond donors (Lipinski definition) is 0. The van der Waals surface area contributed by atoms with Crippen molar-refractivity contribution in [3.63, 3.8) is 0 Å². The molecule has 36 heavy (non-hydrogen) atoms. The van der Waals surface area contributed by atoms with Crippen molar-refractivity contribution in [1.29, 1.82) is 0 Å². The Kier molecular flexibility index (Phi) is 7.87.